The van der Waals surface area contributed by atoms with Crippen LogP contribution < -0.4 is 0 Å². The van der Waals surface area contributed by atoms with E-state index in [1.54, 1.807) is 14.2 Å². The zero-order valence-electron chi connectivity index (χ0n) is 40.4. The first-order valence-electron chi connectivity index (χ1n) is 23.2. The predicted molar refractivity (Wildman–Crippen MR) is 246 cm³/mol. The summed E-state index contributed by atoms with van der Waals surface area (Å²) in [6, 6.07) is 0. The van der Waals surface area contributed by atoms with Crippen molar-refractivity contribution in [3.8, 4) is 0 Å². The van der Waals surface area contributed by atoms with Crippen LogP contribution in [0, 0.1) is 47.3 Å². The van der Waals surface area contributed by atoms with E-state index >= 15 is 0 Å². The Bertz CT molecular complexity index is 808. The van der Waals surface area contributed by atoms with E-state index in [2.05, 4.69) is 110 Å². The van der Waals surface area contributed by atoms with Crippen molar-refractivity contribution in [2.45, 2.75) is 238 Å². The van der Waals surface area contributed by atoms with Gasteiger partial charge in [0.15, 0.2) is 6.29 Å². The van der Waals surface area contributed by atoms with E-state index in [4.69, 9.17) is 14.2 Å². The normalized spacial score (nSPS) is 14.9. The van der Waals surface area contributed by atoms with Crippen LogP contribution in [-0.2, 0) is 14.2 Å². The summed E-state index contributed by atoms with van der Waals surface area (Å²) in [5.41, 5.74) is 2.84. The molecule has 0 aromatic rings. The molecule has 0 bridgehead atoms. The first-order chi connectivity index (χ1) is 25.4. The highest BCUT2D eigenvalue weighted by Gasteiger charge is 2.11. The van der Waals surface area contributed by atoms with Gasteiger partial charge in [-0.15, -0.1) is 6.58 Å². The van der Waals surface area contributed by atoms with Crippen LogP contribution in [0.5, 0.6) is 0 Å². The quantitative estimate of drug-likeness (QED) is 0.0504. The van der Waals surface area contributed by atoms with Crippen LogP contribution in [-0.4, -0.2) is 33.7 Å². The summed E-state index contributed by atoms with van der Waals surface area (Å²) < 4.78 is 15.6. The Labute approximate surface area is 343 Å². The van der Waals surface area contributed by atoms with Crippen LogP contribution >= 0.6 is 0 Å². The third-order valence-corrected chi connectivity index (χ3v) is 11.0. The number of hydrogen-bond acceptors (Lipinski definition) is 3. The molecule has 326 valence electrons. The minimum atomic E-state index is -0.0231. The second kappa shape index (κ2) is 39.2. The molecule has 0 saturated heterocycles. The second-order valence-electron chi connectivity index (χ2n) is 19.6. The Morgan fingerprint density at radius 2 is 0.833 bits per heavy atom. The van der Waals surface area contributed by atoms with E-state index in [-0.39, 0.29) is 6.29 Å². The number of hydrogen-bond donors (Lipinski definition) is 0. The predicted octanol–water partition coefficient (Wildman–Crippen LogP) is 17.1. The van der Waals surface area contributed by atoms with E-state index in [0.29, 0.717) is 17.9 Å². The van der Waals surface area contributed by atoms with Gasteiger partial charge in [0.05, 0.1) is 6.10 Å². The van der Waals surface area contributed by atoms with Crippen LogP contribution in [0.4, 0.5) is 0 Å². The smallest absolute Gasteiger partial charge is 0.157 e. The lowest BCUT2D eigenvalue weighted by Gasteiger charge is -2.18. The molecule has 0 fully saturated rings. The molecular formula is C51H104O3. The summed E-state index contributed by atoms with van der Waals surface area (Å²) in [4.78, 5) is 0. The molecular weight excluding hydrogens is 661 g/mol. The van der Waals surface area contributed by atoms with Gasteiger partial charge >= 0.3 is 0 Å². The van der Waals surface area contributed by atoms with Crippen LogP contribution in [0.15, 0.2) is 23.8 Å². The number of ether oxygens (including phenoxy) is 3. The molecule has 0 radical (unpaired) electrons. The van der Waals surface area contributed by atoms with Crippen molar-refractivity contribution in [2.75, 3.05) is 21.3 Å². The summed E-state index contributed by atoms with van der Waals surface area (Å²) in [7, 11) is 5.18. The minimum Gasteiger partial charge on any atom is -0.381 e. The highest BCUT2D eigenvalue weighted by molar-refractivity contribution is 5.00. The molecule has 0 saturated carbocycles. The third-order valence-electron chi connectivity index (χ3n) is 11.0. The fraction of sp³-hybridized carbons (Fsp3) is 0.922. The van der Waals surface area contributed by atoms with E-state index < -0.39 is 0 Å². The maximum Gasteiger partial charge on any atom is 0.157 e. The van der Waals surface area contributed by atoms with Crippen molar-refractivity contribution in [3.05, 3.63) is 23.8 Å². The summed E-state index contributed by atoms with van der Waals surface area (Å²) in [6.07, 6.45) is 29.5. The summed E-state index contributed by atoms with van der Waals surface area (Å²) >= 11 is 0. The summed E-state index contributed by atoms with van der Waals surface area (Å²) in [5.74, 6) is 6.69. The van der Waals surface area contributed by atoms with Gasteiger partial charge < -0.3 is 14.2 Å². The third kappa shape index (κ3) is 45.7. The van der Waals surface area contributed by atoms with Gasteiger partial charge in [-0.25, -0.2) is 0 Å². The molecule has 0 aliphatic heterocycles. The van der Waals surface area contributed by atoms with Crippen molar-refractivity contribution in [3.63, 3.8) is 0 Å². The van der Waals surface area contributed by atoms with Crippen LogP contribution in [0.3, 0.4) is 0 Å². The molecule has 0 aliphatic carbocycles. The molecule has 0 spiro atoms. The average Bonchev–Trinajstić information content (AvgIpc) is 3.06. The standard InChI is InChI=1S/C25H50O.C19H38.C7H16O2/c1-20(2)12-9-13-22(5)14-10-15-23(6)16-11-17-24(7)19-25(26-8)18-21(3)4;1-16(2)10-7-12-18(5)14-9-15-19(6)13-8-11-17(3)4;1-6(2)5-7(8-3)9-4/h17,20-23,25H,9-16,18-19H2,1-8H3;17-19H,1,7-15H2,2-6H3;6-7H,5H2,1-4H3/b24-17+;;. The lowest BCUT2D eigenvalue weighted by molar-refractivity contribution is -0.112. The van der Waals surface area contributed by atoms with Gasteiger partial charge in [0.25, 0.3) is 0 Å². The molecule has 0 aromatic carbocycles. The number of methoxy groups -OCH3 is 3. The first-order valence-corrected chi connectivity index (χ1v) is 23.2. The fourth-order valence-corrected chi connectivity index (χ4v) is 7.23. The molecule has 54 heavy (non-hydrogen) atoms. The Kier molecular flexibility index (Phi) is 41.9. The topological polar surface area (TPSA) is 27.7 Å². The van der Waals surface area contributed by atoms with Crippen LogP contribution in [0.1, 0.15) is 225 Å². The maximum atomic E-state index is 5.63. The highest BCUT2D eigenvalue weighted by atomic mass is 16.7. The molecule has 0 amide bonds. The summed E-state index contributed by atoms with van der Waals surface area (Å²) in [5, 5.41) is 0. The molecule has 0 heterocycles. The van der Waals surface area contributed by atoms with Gasteiger partial charge in [-0.3, -0.25) is 0 Å². The maximum absolute atomic E-state index is 5.63. The number of rotatable bonds is 32. The molecule has 0 aromatic heterocycles. The van der Waals surface area contributed by atoms with Crippen molar-refractivity contribution in [1.29, 1.82) is 0 Å². The lowest BCUT2D eigenvalue weighted by atomic mass is 9.91. The van der Waals surface area contributed by atoms with Crippen molar-refractivity contribution in [1.82, 2.24) is 0 Å². The molecule has 0 N–H and O–H groups in total. The molecule has 5 unspecified atom stereocenters. The zero-order valence-corrected chi connectivity index (χ0v) is 40.4. The van der Waals surface area contributed by atoms with Gasteiger partial charge in [-0.2, -0.15) is 0 Å². The Morgan fingerprint density at radius 3 is 1.15 bits per heavy atom. The minimum absolute atomic E-state index is 0.0231. The SMILES string of the molecule is C=C(C)CCCC(C)CCCC(C)CCCC(C)C.COC(C/C(C)=C/CCC(C)CCCC(C)CCCC(C)C)CC(C)C.COC(CC(C)C)OC. The van der Waals surface area contributed by atoms with Gasteiger partial charge in [-0.1, -0.05) is 184 Å². The van der Waals surface area contributed by atoms with Crippen LogP contribution in [0.25, 0.3) is 0 Å². The molecule has 5 atom stereocenters. The Balaban J connectivity index is -0.000000808. The molecule has 0 rings (SSSR count). The Hall–Kier alpha value is -0.640. The van der Waals surface area contributed by atoms with Crippen LogP contribution in [0.2, 0.25) is 0 Å². The number of allylic oxidation sites excluding steroid dienone is 2. The van der Waals surface area contributed by atoms with Gasteiger partial charge in [-0.05, 0) is 99.7 Å². The van der Waals surface area contributed by atoms with Gasteiger partial charge in [0.2, 0.25) is 0 Å². The van der Waals surface area contributed by atoms with Crippen molar-refractivity contribution in [2.24, 2.45) is 47.3 Å². The van der Waals surface area contributed by atoms with Crippen molar-refractivity contribution < 1.29 is 14.2 Å². The van der Waals surface area contributed by atoms with Gasteiger partial charge in [0, 0.05) is 27.8 Å². The van der Waals surface area contributed by atoms with Crippen molar-refractivity contribution >= 4 is 0 Å². The summed E-state index contributed by atoms with van der Waals surface area (Å²) in [6.45, 7) is 36.3. The Morgan fingerprint density at radius 1 is 0.463 bits per heavy atom. The first kappa shape index (κ1) is 57.7. The molecule has 3 nitrogen and oxygen atoms in total. The van der Waals surface area contributed by atoms with E-state index in [0.717, 1.165) is 54.8 Å². The average molecular weight is 765 g/mol. The van der Waals surface area contributed by atoms with E-state index in [1.807, 2.05) is 7.11 Å². The van der Waals surface area contributed by atoms with Gasteiger partial charge in [0.1, 0.15) is 0 Å². The highest BCUT2D eigenvalue weighted by Crippen LogP contribution is 2.24. The van der Waals surface area contributed by atoms with E-state index in [9.17, 15) is 0 Å². The monoisotopic (exact) mass is 765 g/mol. The largest absolute Gasteiger partial charge is 0.381 e. The van der Waals surface area contributed by atoms with E-state index in [1.165, 1.54) is 120 Å². The molecule has 3 heteroatoms. The fourth-order valence-electron chi connectivity index (χ4n) is 7.23. The lowest BCUT2D eigenvalue weighted by Crippen LogP contribution is -2.15. The molecule has 0 aliphatic rings. The second-order valence-corrected chi connectivity index (χ2v) is 19.6. The zero-order chi connectivity index (χ0) is 41.9.